The number of hydrogen-bond donors (Lipinski definition) is 1. The van der Waals surface area contributed by atoms with Crippen LogP contribution in [0.3, 0.4) is 0 Å². The van der Waals surface area contributed by atoms with E-state index < -0.39 is 5.41 Å². The Kier molecular flexibility index (Phi) is 3.87. The number of nitrogens with zero attached hydrogens (tertiary/aromatic N) is 3. The largest absolute Gasteiger partial charge is 0.463 e. The molecule has 2 aromatic heterocycles. The quantitative estimate of drug-likeness (QED) is 0.827. The van der Waals surface area contributed by atoms with Gasteiger partial charge in [-0.05, 0) is 20.3 Å². The second kappa shape index (κ2) is 5.44. The highest BCUT2D eigenvalue weighted by molar-refractivity contribution is 5.75. The van der Waals surface area contributed by atoms with Gasteiger partial charge in [0, 0.05) is 0 Å². The Morgan fingerprint density at radius 1 is 1.45 bits per heavy atom. The van der Waals surface area contributed by atoms with Crippen molar-refractivity contribution in [3.05, 3.63) is 23.0 Å². The molecule has 0 saturated heterocycles. The van der Waals surface area contributed by atoms with E-state index in [2.05, 4.69) is 15.0 Å². The predicted molar refractivity (Wildman–Crippen MR) is 73.2 cm³/mol. The van der Waals surface area contributed by atoms with Gasteiger partial charge in [-0.1, -0.05) is 6.92 Å². The minimum Gasteiger partial charge on any atom is -0.463 e. The first kappa shape index (κ1) is 14.2. The summed E-state index contributed by atoms with van der Waals surface area (Å²) in [5, 5.41) is 0. The third kappa shape index (κ3) is 2.71. The number of aromatic amines is 1. The number of carbonyl (C=O) groups is 1. The van der Waals surface area contributed by atoms with E-state index in [1.807, 2.05) is 20.8 Å². The van der Waals surface area contributed by atoms with Crippen LogP contribution in [0.5, 0.6) is 0 Å². The molecule has 2 rings (SSSR count). The van der Waals surface area contributed by atoms with E-state index in [-0.39, 0.29) is 23.7 Å². The Morgan fingerprint density at radius 3 is 2.90 bits per heavy atom. The zero-order valence-electron chi connectivity index (χ0n) is 11.8. The van der Waals surface area contributed by atoms with Crippen molar-refractivity contribution < 1.29 is 9.53 Å². The van der Waals surface area contributed by atoms with Crippen LogP contribution >= 0.6 is 0 Å². The number of imidazole rings is 1. The van der Waals surface area contributed by atoms with Gasteiger partial charge in [0.15, 0.2) is 11.2 Å². The first-order valence-corrected chi connectivity index (χ1v) is 6.51. The van der Waals surface area contributed by atoms with Crippen LogP contribution in [0.25, 0.3) is 11.2 Å². The number of hydrogen-bond acceptors (Lipinski definition) is 5. The molecule has 7 nitrogen and oxygen atoms in total. The molecule has 108 valence electrons. The number of ether oxygens (including phenoxy) is 1. The molecule has 0 aliphatic heterocycles. The van der Waals surface area contributed by atoms with Crippen LogP contribution in [0.4, 0.5) is 0 Å². The third-order valence-electron chi connectivity index (χ3n) is 3.41. The van der Waals surface area contributed by atoms with Crippen LogP contribution in [0.2, 0.25) is 0 Å². The van der Waals surface area contributed by atoms with Crippen molar-refractivity contribution in [3.63, 3.8) is 0 Å². The molecular weight excluding hydrogens is 260 g/mol. The molecule has 0 spiro atoms. The number of aromatic nitrogens is 4. The topological polar surface area (TPSA) is 89.9 Å². The smallest absolute Gasteiger partial charge is 0.311 e. The van der Waals surface area contributed by atoms with Gasteiger partial charge in [-0.3, -0.25) is 9.59 Å². The Balaban J connectivity index is 2.02. The third-order valence-corrected chi connectivity index (χ3v) is 3.41. The molecule has 0 saturated carbocycles. The minimum atomic E-state index is -0.480. The number of esters is 1. The van der Waals surface area contributed by atoms with Crippen LogP contribution in [0, 0.1) is 5.41 Å². The van der Waals surface area contributed by atoms with E-state index in [9.17, 15) is 9.59 Å². The molecule has 0 aromatic carbocycles. The van der Waals surface area contributed by atoms with Crippen molar-refractivity contribution in [1.29, 1.82) is 0 Å². The second-order valence-electron chi connectivity index (χ2n) is 5.22. The monoisotopic (exact) mass is 278 g/mol. The molecule has 20 heavy (non-hydrogen) atoms. The van der Waals surface area contributed by atoms with Crippen LogP contribution in [0.15, 0.2) is 17.4 Å². The van der Waals surface area contributed by atoms with Crippen molar-refractivity contribution in [2.24, 2.45) is 5.41 Å². The summed E-state index contributed by atoms with van der Waals surface area (Å²) in [6.07, 6.45) is 3.57. The highest BCUT2D eigenvalue weighted by atomic mass is 16.5. The average molecular weight is 278 g/mol. The van der Waals surface area contributed by atoms with Gasteiger partial charge in [-0.2, -0.15) is 0 Å². The van der Waals surface area contributed by atoms with Crippen LogP contribution < -0.4 is 5.56 Å². The van der Waals surface area contributed by atoms with E-state index in [0.29, 0.717) is 12.2 Å². The van der Waals surface area contributed by atoms with Gasteiger partial charge in [-0.25, -0.2) is 9.97 Å². The molecule has 1 N–H and O–H groups in total. The van der Waals surface area contributed by atoms with Gasteiger partial charge in [0.05, 0.1) is 24.6 Å². The maximum absolute atomic E-state index is 11.8. The summed E-state index contributed by atoms with van der Waals surface area (Å²) in [7, 11) is 0. The molecule has 7 heteroatoms. The zero-order chi connectivity index (χ0) is 14.8. The van der Waals surface area contributed by atoms with E-state index in [1.54, 1.807) is 4.57 Å². The van der Waals surface area contributed by atoms with Crippen LogP contribution in [0.1, 0.15) is 27.2 Å². The maximum Gasteiger partial charge on any atom is 0.311 e. The van der Waals surface area contributed by atoms with E-state index >= 15 is 0 Å². The fourth-order valence-corrected chi connectivity index (χ4v) is 1.63. The van der Waals surface area contributed by atoms with Crippen LogP contribution in [-0.2, 0) is 16.1 Å². The number of nitrogens with one attached hydrogen (secondary N) is 1. The number of carbonyl (C=O) groups excluding carboxylic acids is 1. The molecule has 0 radical (unpaired) electrons. The highest BCUT2D eigenvalue weighted by Crippen LogP contribution is 2.21. The summed E-state index contributed by atoms with van der Waals surface area (Å²) in [6.45, 7) is 6.29. The Bertz CT molecular complexity index is 672. The van der Waals surface area contributed by atoms with Gasteiger partial charge in [-0.15, -0.1) is 0 Å². The molecular formula is C13H18N4O3. The van der Waals surface area contributed by atoms with E-state index in [4.69, 9.17) is 4.74 Å². The van der Waals surface area contributed by atoms with Gasteiger partial charge < -0.3 is 14.3 Å². The van der Waals surface area contributed by atoms with Gasteiger partial charge in [0.1, 0.15) is 6.61 Å². The van der Waals surface area contributed by atoms with E-state index in [0.717, 1.165) is 6.42 Å². The molecule has 2 heterocycles. The van der Waals surface area contributed by atoms with Crippen molar-refractivity contribution >= 4 is 17.1 Å². The molecule has 2 aromatic rings. The molecule has 0 aliphatic carbocycles. The van der Waals surface area contributed by atoms with Crippen molar-refractivity contribution in [2.75, 3.05) is 6.61 Å². The summed E-state index contributed by atoms with van der Waals surface area (Å²) < 4.78 is 6.94. The minimum absolute atomic E-state index is 0.224. The first-order valence-electron chi connectivity index (χ1n) is 6.51. The second-order valence-corrected chi connectivity index (χ2v) is 5.22. The molecule has 0 bridgehead atoms. The molecule has 0 atom stereocenters. The summed E-state index contributed by atoms with van der Waals surface area (Å²) in [6, 6.07) is 0. The van der Waals surface area contributed by atoms with Gasteiger partial charge >= 0.3 is 5.97 Å². The highest BCUT2D eigenvalue weighted by Gasteiger charge is 2.26. The fourth-order valence-electron chi connectivity index (χ4n) is 1.63. The Hall–Kier alpha value is -2.18. The van der Waals surface area contributed by atoms with Crippen molar-refractivity contribution in [2.45, 2.75) is 33.7 Å². The van der Waals surface area contributed by atoms with Crippen molar-refractivity contribution in [1.82, 2.24) is 19.5 Å². The summed E-state index contributed by atoms with van der Waals surface area (Å²) in [5.74, 6) is -0.227. The standard InChI is InChI=1S/C13H18N4O3/c1-4-13(2,3)12(19)20-6-5-17-8-16-9-10(17)14-7-15-11(9)18/h7-8H,4-6H2,1-3H3,(H,14,15,18). The zero-order valence-corrected chi connectivity index (χ0v) is 11.8. The lowest BCUT2D eigenvalue weighted by Crippen LogP contribution is -2.27. The van der Waals surface area contributed by atoms with E-state index in [1.165, 1.54) is 12.7 Å². The maximum atomic E-state index is 11.8. The van der Waals surface area contributed by atoms with Gasteiger partial charge in [0.25, 0.3) is 5.56 Å². The molecule has 0 amide bonds. The van der Waals surface area contributed by atoms with Crippen LogP contribution in [-0.4, -0.2) is 32.1 Å². The fraction of sp³-hybridized carbons (Fsp3) is 0.538. The lowest BCUT2D eigenvalue weighted by Gasteiger charge is -2.20. The SMILES string of the molecule is CCC(C)(C)C(=O)OCCn1cnc2c(=O)[nH]cnc21. The number of rotatable bonds is 5. The average Bonchev–Trinajstić information content (AvgIpc) is 2.83. The number of fused-ring (bicyclic) bond motifs is 1. The Labute approximate surface area is 116 Å². The Morgan fingerprint density at radius 2 is 2.20 bits per heavy atom. The molecule has 0 fully saturated rings. The summed E-state index contributed by atoms with van der Waals surface area (Å²) in [4.78, 5) is 33.8. The first-order chi connectivity index (χ1) is 9.45. The normalized spacial score (nSPS) is 11.8. The lowest BCUT2D eigenvalue weighted by atomic mass is 9.91. The molecule has 0 aliphatic rings. The summed E-state index contributed by atoms with van der Waals surface area (Å²) >= 11 is 0. The molecule has 0 unspecified atom stereocenters. The summed E-state index contributed by atoms with van der Waals surface area (Å²) in [5.41, 5.74) is 0.0111. The van der Waals surface area contributed by atoms with Gasteiger partial charge in [0.2, 0.25) is 0 Å². The number of H-pyrrole nitrogens is 1. The predicted octanol–water partition coefficient (Wildman–Crippen LogP) is 1.10. The van der Waals surface area contributed by atoms with Crippen molar-refractivity contribution in [3.8, 4) is 0 Å². The lowest BCUT2D eigenvalue weighted by molar-refractivity contribution is -0.154.